The van der Waals surface area contributed by atoms with Gasteiger partial charge in [0.2, 0.25) is 0 Å². The molecule has 30 heavy (non-hydrogen) atoms. The molecule has 1 saturated heterocycles. The first kappa shape index (κ1) is 21.9. The number of aliphatic hydroxyl groups excluding tert-OH is 1. The van der Waals surface area contributed by atoms with Crippen LogP contribution in [0.25, 0.3) is 0 Å². The van der Waals surface area contributed by atoms with Crippen molar-refractivity contribution in [2.24, 2.45) is 0 Å². The van der Waals surface area contributed by atoms with Crippen molar-refractivity contribution in [2.75, 3.05) is 56.2 Å². The molecule has 1 aliphatic heterocycles. The fraction of sp³-hybridized carbons (Fsp3) is 0.409. The molecule has 0 aliphatic carbocycles. The predicted octanol–water partition coefficient (Wildman–Crippen LogP) is 2.96. The van der Waals surface area contributed by atoms with E-state index in [0.29, 0.717) is 18.8 Å². The molecule has 0 radical (unpaired) electrons. The number of ether oxygens (including phenoxy) is 2. The van der Waals surface area contributed by atoms with Crippen LogP contribution < -0.4 is 15.0 Å². The number of β-amino-alcohol motifs (C(OH)–C–C–N with tert-alkyl or cyclic N) is 1. The van der Waals surface area contributed by atoms with Crippen LogP contribution in [0.5, 0.6) is 5.75 Å². The lowest BCUT2D eigenvalue weighted by atomic mass is 10.2. The number of carbonyl (C=O) groups is 1. The minimum Gasteiger partial charge on any atom is -0.494 e. The Morgan fingerprint density at radius 3 is 2.57 bits per heavy atom. The van der Waals surface area contributed by atoms with Crippen LogP contribution in [0.1, 0.15) is 6.92 Å². The molecule has 1 unspecified atom stereocenters. The highest BCUT2D eigenvalue weighted by Crippen LogP contribution is 2.18. The summed E-state index contributed by atoms with van der Waals surface area (Å²) in [4.78, 5) is 16.1. The molecule has 0 aromatic heterocycles. The maximum absolute atomic E-state index is 13.4. The Labute approximate surface area is 176 Å². The van der Waals surface area contributed by atoms with E-state index in [9.17, 15) is 14.3 Å². The van der Waals surface area contributed by atoms with Gasteiger partial charge in [-0.05, 0) is 49.4 Å². The first-order valence-corrected chi connectivity index (χ1v) is 10.1. The molecule has 162 valence electrons. The number of hydrogen-bond donors (Lipinski definition) is 2. The molecule has 0 bridgehead atoms. The van der Waals surface area contributed by atoms with E-state index in [0.717, 1.165) is 37.6 Å². The van der Waals surface area contributed by atoms with Crippen LogP contribution >= 0.6 is 0 Å². The third-order valence-corrected chi connectivity index (χ3v) is 4.83. The van der Waals surface area contributed by atoms with Gasteiger partial charge in [-0.15, -0.1) is 0 Å². The Kier molecular flexibility index (Phi) is 7.87. The molecule has 8 heteroatoms. The number of piperazine rings is 1. The van der Waals surface area contributed by atoms with Gasteiger partial charge in [0.05, 0.1) is 6.61 Å². The second kappa shape index (κ2) is 10.8. The Hall–Kier alpha value is -2.84. The topological polar surface area (TPSA) is 74.3 Å². The summed E-state index contributed by atoms with van der Waals surface area (Å²) in [6, 6.07) is 13.5. The van der Waals surface area contributed by atoms with E-state index in [1.165, 1.54) is 12.1 Å². The molecule has 1 fully saturated rings. The Morgan fingerprint density at radius 2 is 1.90 bits per heavy atom. The van der Waals surface area contributed by atoms with E-state index in [4.69, 9.17) is 9.47 Å². The molecule has 2 N–H and O–H groups in total. The molecule has 2 aromatic rings. The van der Waals surface area contributed by atoms with Crippen LogP contribution in [-0.4, -0.2) is 68.1 Å². The maximum atomic E-state index is 13.4. The number of carbonyl (C=O) groups excluding carboxylic acids is 1. The number of hydrogen-bond acceptors (Lipinski definition) is 6. The molecule has 1 atom stereocenters. The molecule has 3 rings (SSSR count). The van der Waals surface area contributed by atoms with Gasteiger partial charge in [0.1, 0.15) is 24.3 Å². The van der Waals surface area contributed by atoms with Gasteiger partial charge >= 0.3 is 6.09 Å². The summed E-state index contributed by atoms with van der Waals surface area (Å²) in [5, 5.41) is 12.8. The van der Waals surface area contributed by atoms with E-state index in [1.807, 2.05) is 13.0 Å². The molecule has 2 aromatic carbocycles. The third kappa shape index (κ3) is 6.60. The zero-order chi connectivity index (χ0) is 21.3. The highest BCUT2D eigenvalue weighted by atomic mass is 19.1. The Morgan fingerprint density at radius 1 is 1.17 bits per heavy atom. The van der Waals surface area contributed by atoms with E-state index in [-0.39, 0.29) is 12.4 Å². The van der Waals surface area contributed by atoms with Crippen molar-refractivity contribution in [3.8, 4) is 5.75 Å². The standard InChI is InChI=1S/C22H28FN3O4/c1-2-29-21-8-6-18(7-9-21)24-22(28)30-16-20(27)15-25-10-12-26(13-11-25)19-5-3-4-17(23)14-19/h3-9,14,20,27H,2,10-13,15-16H2,1H3,(H,24,28). The molecule has 1 aliphatic rings. The van der Waals surface area contributed by atoms with Crippen LogP contribution in [0, 0.1) is 5.82 Å². The average molecular weight is 417 g/mol. The number of halogens is 1. The quantitative estimate of drug-likeness (QED) is 0.688. The number of aliphatic hydroxyl groups is 1. The summed E-state index contributed by atoms with van der Waals surface area (Å²) >= 11 is 0. The third-order valence-electron chi connectivity index (χ3n) is 4.83. The molecular weight excluding hydrogens is 389 g/mol. The fourth-order valence-corrected chi connectivity index (χ4v) is 3.34. The second-order valence-electron chi connectivity index (χ2n) is 7.10. The average Bonchev–Trinajstić information content (AvgIpc) is 2.74. The van der Waals surface area contributed by atoms with Gasteiger partial charge in [-0.2, -0.15) is 0 Å². The van der Waals surface area contributed by atoms with Gasteiger partial charge < -0.3 is 19.5 Å². The Bertz CT molecular complexity index is 810. The maximum Gasteiger partial charge on any atom is 0.411 e. The fourth-order valence-electron chi connectivity index (χ4n) is 3.34. The van der Waals surface area contributed by atoms with Crippen molar-refractivity contribution in [2.45, 2.75) is 13.0 Å². The number of amides is 1. The van der Waals surface area contributed by atoms with E-state index in [2.05, 4.69) is 15.1 Å². The first-order valence-electron chi connectivity index (χ1n) is 10.1. The van der Waals surface area contributed by atoms with Crippen molar-refractivity contribution in [1.29, 1.82) is 0 Å². The molecule has 0 spiro atoms. The molecular formula is C22H28FN3O4. The minimum absolute atomic E-state index is 0.0903. The van der Waals surface area contributed by atoms with Crippen LogP contribution in [0.3, 0.4) is 0 Å². The first-order chi connectivity index (χ1) is 14.5. The smallest absolute Gasteiger partial charge is 0.411 e. The largest absolute Gasteiger partial charge is 0.494 e. The van der Waals surface area contributed by atoms with Crippen molar-refractivity contribution in [1.82, 2.24) is 4.90 Å². The van der Waals surface area contributed by atoms with Gasteiger partial charge in [-0.1, -0.05) is 6.07 Å². The van der Waals surface area contributed by atoms with Gasteiger partial charge in [0, 0.05) is 44.1 Å². The SMILES string of the molecule is CCOc1ccc(NC(=O)OCC(O)CN2CCN(c3cccc(F)c3)CC2)cc1. The molecule has 7 nitrogen and oxygen atoms in total. The normalized spacial score (nSPS) is 15.5. The van der Waals surface area contributed by atoms with Gasteiger partial charge in [0.15, 0.2) is 0 Å². The second-order valence-corrected chi connectivity index (χ2v) is 7.10. The highest BCUT2D eigenvalue weighted by molar-refractivity contribution is 5.84. The summed E-state index contributed by atoms with van der Waals surface area (Å²) in [6.07, 6.45) is -1.40. The van der Waals surface area contributed by atoms with Crippen molar-refractivity contribution < 1.29 is 23.8 Å². The summed E-state index contributed by atoms with van der Waals surface area (Å²) in [5.74, 6) is 0.482. The van der Waals surface area contributed by atoms with E-state index >= 15 is 0 Å². The van der Waals surface area contributed by atoms with Gasteiger partial charge in [-0.25, -0.2) is 9.18 Å². The number of nitrogens with one attached hydrogen (secondary N) is 1. The van der Waals surface area contributed by atoms with Crippen LogP contribution in [0.2, 0.25) is 0 Å². The monoisotopic (exact) mass is 417 g/mol. The van der Waals surface area contributed by atoms with Crippen molar-refractivity contribution in [3.63, 3.8) is 0 Å². The lowest BCUT2D eigenvalue weighted by Gasteiger charge is -2.36. The lowest BCUT2D eigenvalue weighted by molar-refractivity contribution is 0.0469. The predicted molar refractivity (Wildman–Crippen MR) is 114 cm³/mol. The zero-order valence-electron chi connectivity index (χ0n) is 17.1. The van der Waals surface area contributed by atoms with Crippen molar-refractivity contribution >= 4 is 17.5 Å². The molecule has 1 heterocycles. The minimum atomic E-state index is -0.781. The van der Waals surface area contributed by atoms with Crippen molar-refractivity contribution in [3.05, 3.63) is 54.3 Å². The highest BCUT2D eigenvalue weighted by Gasteiger charge is 2.20. The molecule has 0 saturated carbocycles. The number of nitrogens with zero attached hydrogens (tertiary/aromatic N) is 2. The summed E-state index contributed by atoms with van der Waals surface area (Å²) in [6.45, 7) is 5.77. The summed E-state index contributed by atoms with van der Waals surface area (Å²) < 4.78 is 23.9. The molecule has 1 amide bonds. The van der Waals surface area contributed by atoms with Crippen LogP contribution in [0.15, 0.2) is 48.5 Å². The van der Waals surface area contributed by atoms with Gasteiger partial charge in [-0.3, -0.25) is 10.2 Å². The number of benzene rings is 2. The number of anilines is 2. The van der Waals surface area contributed by atoms with Gasteiger partial charge in [0.25, 0.3) is 0 Å². The summed E-state index contributed by atoms with van der Waals surface area (Å²) in [7, 11) is 0. The Balaban J connectivity index is 1.35. The lowest BCUT2D eigenvalue weighted by Crippen LogP contribution is -2.49. The van der Waals surface area contributed by atoms with E-state index in [1.54, 1.807) is 30.3 Å². The summed E-state index contributed by atoms with van der Waals surface area (Å²) in [5.41, 5.74) is 1.45. The number of rotatable bonds is 8. The van der Waals surface area contributed by atoms with E-state index < -0.39 is 12.2 Å². The van der Waals surface area contributed by atoms with Crippen LogP contribution in [-0.2, 0) is 4.74 Å². The zero-order valence-corrected chi connectivity index (χ0v) is 17.1. The van der Waals surface area contributed by atoms with Crippen LogP contribution in [0.4, 0.5) is 20.6 Å².